The number of hydrogen-bond acceptors (Lipinski definition) is 16. The number of nitrogens with two attached hydrogens (primary N) is 1. The number of hydrazine groups is 1. The van der Waals surface area contributed by atoms with Crippen LogP contribution in [0.3, 0.4) is 0 Å². The Morgan fingerprint density at radius 3 is 1.95 bits per heavy atom. The standard InChI is InChI=1S/C39H68N8O8/c1-9-31(48)39(55)29(13-10-11-18-40)45-23-44-27(6)33(50)16-15-32(49)26(5)43-22-37(54)38(24(2)3)46-47-20-12-14-30(47)36(53)21-35(52)28(7)42-19-17-34(51)25(4)41-8/h9,24-30,38,41-46H,1,10-23,40H2,2-8H3/t25-,26-,27-,28-,29-,30-,38-/m0/s1. The van der Waals surface area contributed by atoms with E-state index in [0.717, 1.165) is 12.5 Å². The van der Waals surface area contributed by atoms with Crippen molar-refractivity contribution in [3.8, 4) is 0 Å². The Kier molecular flexibility index (Phi) is 24.1. The van der Waals surface area contributed by atoms with E-state index in [1.165, 1.54) is 0 Å². The minimum atomic E-state index is -0.733. The van der Waals surface area contributed by atoms with Crippen molar-refractivity contribution in [2.24, 2.45) is 11.7 Å². The lowest BCUT2D eigenvalue weighted by atomic mass is 9.99. The van der Waals surface area contributed by atoms with E-state index >= 15 is 0 Å². The monoisotopic (exact) mass is 777 g/mol. The first-order valence-corrected chi connectivity index (χ1v) is 19.7. The molecular weight excluding hydrogens is 708 g/mol. The van der Waals surface area contributed by atoms with Crippen LogP contribution < -0.4 is 37.7 Å². The van der Waals surface area contributed by atoms with Crippen molar-refractivity contribution >= 4 is 46.3 Å². The van der Waals surface area contributed by atoms with Crippen LogP contribution in [0.4, 0.5) is 0 Å². The van der Waals surface area contributed by atoms with Crippen LogP contribution in [-0.4, -0.2) is 133 Å². The first-order valence-electron chi connectivity index (χ1n) is 19.7. The largest absolute Gasteiger partial charge is 0.330 e. The summed E-state index contributed by atoms with van der Waals surface area (Å²) >= 11 is 0. The number of rotatable bonds is 33. The molecule has 1 aliphatic heterocycles. The van der Waals surface area contributed by atoms with Gasteiger partial charge in [-0.15, -0.1) is 0 Å². The van der Waals surface area contributed by atoms with Crippen molar-refractivity contribution in [1.82, 2.24) is 37.0 Å². The zero-order chi connectivity index (χ0) is 41.7. The topological polar surface area (TPSA) is 238 Å². The predicted molar refractivity (Wildman–Crippen MR) is 211 cm³/mol. The maximum absolute atomic E-state index is 13.4. The molecule has 7 atom stereocenters. The fraction of sp³-hybridized carbons (Fsp3) is 0.744. The molecule has 1 aliphatic rings. The highest BCUT2D eigenvalue weighted by molar-refractivity contribution is 6.43. The van der Waals surface area contributed by atoms with Gasteiger partial charge in [-0.25, -0.2) is 10.4 Å². The summed E-state index contributed by atoms with van der Waals surface area (Å²) in [6.45, 7) is 15.2. The number of unbranched alkanes of at least 4 members (excludes halogenated alkanes) is 1. The molecule has 55 heavy (non-hydrogen) atoms. The Hall–Kier alpha value is -3.22. The van der Waals surface area contributed by atoms with Crippen LogP contribution in [0.25, 0.3) is 0 Å². The average molecular weight is 777 g/mol. The number of hydrogen-bond donors (Lipinski definition) is 7. The zero-order valence-electron chi connectivity index (χ0n) is 34.1. The van der Waals surface area contributed by atoms with Crippen molar-refractivity contribution in [3.63, 3.8) is 0 Å². The highest BCUT2D eigenvalue weighted by atomic mass is 16.2. The van der Waals surface area contributed by atoms with Crippen LogP contribution in [0, 0.1) is 5.92 Å². The molecule has 0 radical (unpaired) electrons. The van der Waals surface area contributed by atoms with E-state index < -0.39 is 47.8 Å². The van der Waals surface area contributed by atoms with Crippen LogP contribution in [0.5, 0.6) is 0 Å². The number of allylic oxidation sites excluding steroid dienone is 1. The van der Waals surface area contributed by atoms with Gasteiger partial charge in [0, 0.05) is 39.0 Å². The van der Waals surface area contributed by atoms with Gasteiger partial charge < -0.3 is 21.7 Å². The number of likely N-dealkylation sites (N-methyl/N-ethyl adjacent to an activating group) is 1. The molecule has 1 heterocycles. The van der Waals surface area contributed by atoms with Gasteiger partial charge in [0.05, 0.1) is 55.3 Å². The summed E-state index contributed by atoms with van der Waals surface area (Å²) in [6.07, 6.45) is 3.97. The average Bonchev–Trinajstić information content (AvgIpc) is 3.64. The summed E-state index contributed by atoms with van der Waals surface area (Å²) in [5, 5.41) is 16.6. The third-order valence-electron chi connectivity index (χ3n) is 10.1. The van der Waals surface area contributed by atoms with Crippen molar-refractivity contribution in [2.45, 2.75) is 142 Å². The zero-order valence-corrected chi connectivity index (χ0v) is 34.1. The van der Waals surface area contributed by atoms with Crippen molar-refractivity contribution in [1.29, 1.82) is 0 Å². The normalized spacial score (nSPS) is 17.9. The molecule has 1 fully saturated rings. The smallest absolute Gasteiger partial charge is 0.222 e. The van der Waals surface area contributed by atoms with Gasteiger partial charge in [0.1, 0.15) is 11.6 Å². The van der Waals surface area contributed by atoms with Gasteiger partial charge in [-0.3, -0.25) is 49.0 Å². The van der Waals surface area contributed by atoms with Crippen LogP contribution in [0.1, 0.15) is 99.3 Å². The minimum Gasteiger partial charge on any atom is -0.330 e. The molecular formula is C39H68N8O8. The van der Waals surface area contributed by atoms with Crippen LogP contribution >= 0.6 is 0 Å². The van der Waals surface area contributed by atoms with Gasteiger partial charge in [-0.1, -0.05) is 26.8 Å². The van der Waals surface area contributed by atoms with Crippen LogP contribution in [0.2, 0.25) is 0 Å². The lowest BCUT2D eigenvalue weighted by Crippen LogP contribution is -2.56. The molecule has 0 aromatic carbocycles. The number of carbonyl (C=O) groups excluding carboxylic acids is 8. The van der Waals surface area contributed by atoms with Gasteiger partial charge in [0.25, 0.3) is 0 Å². The fourth-order valence-corrected chi connectivity index (χ4v) is 6.07. The fourth-order valence-electron chi connectivity index (χ4n) is 6.07. The molecule has 16 nitrogen and oxygen atoms in total. The summed E-state index contributed by atoms with van der Waals surface area (Å²) in [5.41, 5.74) is 8.77. The second kappa shape index (κ2) is 26.6. The molecule has 0 amide bonds. The molecule has 0 aliphatic carbocycles. The Balaban J connectivity index is 2.59. The predicted octanol–water partition coefficient (Wildman–Crippen LogP) is -0.134. The highest BCUT2D eigenvalue weighted by Crippen LogP contribution is 2.19. The number of nitrogens with one attached hydrogen (secondary N) is 6. The SMILES string of the molecule is C=CC(=O)C(=O)[C@H](CCCCN)NCN[C@@H](C)C(=O)CCC(=O)[C@H](C)NCC(=O)[C@@H](NN1CCC[C@H]1C(=O)CC(=O)[C@H](C)NCCC(=O)[C@H](C)NC)C(C)C. The van der Waals surface area contributed by atoms with Gasteiger partial charge in [0.2, 0.25) is 11.6 Å². The Bertz CT molecular complexity index is 1320. The number of ketones is 8. The first kappa shape index (κ1) is 49.8. The molecule has 0 unspecified atom stereocenters. The van der Waals surface area contributed by atoms with E-state index in [0.29, 0.717) is 45.3 Å². The minimum absolute atomic E-state index is 0.0195. The second-order valence-electron chi connectivity index (χ2n) is 14.8. The van der Waals surface area contributed by atoms with E-state index in [9.17, 15) is 38.4 Å². The summed E-state index contributed by atoms with van der Waals surface area (Å²) in [5.74, 6) is -2.52. The molecule has 0 bridgehead atoms. The summed E-state index contributed by atoms with van der Waals surface area (Å²) in [4.78, 5) is 101. The quantitative estimate of drug-likeness (QED) is 0.0151. The first-order chi connectivity index (χ1) is 26.0. The molecule has 0 saturated carbocycles. The number of Topliss-reactive ketones (excluding diaryl/α,β-unsaturated/α-hetero) is 7. The van der Waals surface area contributed by atoms with E-state index in [2.05, 4.69) is 38.6 Å². The lowest BCUT2D eigenvalue weighted by molar-refractivity contribution is -0.135. The Morgan fingerprint density at radius 1 is 0.764 bits per heavy atom. The van der Waals surface area contributed by atoms with Crippen molar-refractivity contribution in [2.75, 3.05) is 39.9 Å². The maximum atomic E-state index is 13.4. The lowest BCUT2D eigenvalue weighted by Gasteiger charge is -2.31. The summed E-state index contributed by atoms with van der Waals surface area (Å²) in [6, 6.07) is -4.11. The van der Waals surface area contributed by atoms with E-state index in [1.54, 1.807) is 39.8 Å². The Labute approximate surface area is 327 Å². The van der Waals surface area contributed by atoms with Crippen molar-refractivity contribution < 1.29 is 38.4 Å². The molecule has 1 rings (SSSR count). The van der Waals surface area contributed by atoms with E-state index in [4.69, 9.17) is 5.73 Å². The molecule has 0 spiro atoms. The third kappa shape index (κ3) is 18.1. The van der Waals surface area contributed by atoms with Crippen LogP contribution in [0.15, 0.2) is 12.7 Å². The van der Waals surface area contributed by atoms with Crippen LogP contribution in [-0.2, 0) is 38.4 Å². The second-order valence-corrected chi connectivity index (χ2v) is 14.8. The van der Waals surface area contributed by atoms with Gasteiger partial charge >= 0.3 is 0 Å². The summed E-state index contributed by atoms with van der Waals surface area (Å²) in [7, 11) is 1.71. The third-order valence-corrected chi connectivity index (χ3v) is 10.1. The molecule has 0 aromatic rings. The molecule has 312 valence electrons. The number of carbonyl (C=O) groups is 8. The molecule has 1 saturated heterocycles. The van der Waals surface area contributed by atoms with Crippen molar-refractivity contribution in [3.05, 3.63) is 12.7 Å². The molecule has 0 aromatic heterocycles. The highest BCUT2D eigenvalue weighted by Gasteiger charge is 2.35. The van der Waals surface area contributed by atoms with Gasteiger partial charge in [-0.2, -0.15) is 0 Å². The van der Waals surface area contributed by atoms with E-state index in [1.807, 2.05) is 13.8 Å². The maximum Gasteiger partial charge on any atom is 0.222 e. The van der Waals surface area contributed by atoms with Gasteiger partial charge in [-0.05, 0) is 79.0 Å². The molecule has 8 N–H and O–H groups in total. The Morgan fingerprint density at radius 2 is 1.36 bits per heavy atom. The number of nitrogens with zero attached hydrogens (tertiary/aromatic N) is 1. The summed E-state index contributed by atoms with van der Waals surface area (Å²) < 4.78 is 0. The van der Waals surface area contributed by atoms with Gasteiger partial charge in [0.15, 0.2) is 23.1 Å². The van der Waals surface area contributed by atoms with E-state index in [-0.39, 0.29) is 85.6 Å². The molecule has 16 heteroatoms.